The number of hydrogen-bond acceptors (Lipinski definition) is 7. The highest BCUT2D eigenvalue weighted by Crippen LogP contribution is 2.39. The number of thioether (sulfide) groups is 2. The molecule has 1 amide bonds. The Bertz CT molecular complexity index is 949. The lowest BCUT2D eigenvalue weighted by Crippen LogP contribution is -2.42. The van der Waals surface area contributed by atoms with Gasteiger partial charge < -0.3 is 9.15 Å². The Morgan fingerprint density at radius 3 is 2.75 bits per heavy atom. The summed E-state index contributed by atoms with van der Waals surface area (Å²) >= 11 is 2.87. The molecule has 1 aromatic heterocycles. The van der Waals surface area contributed by atoms with Crippen LogP contribution in [0.3, 0.4) is 0 Å². The highest BCUT2D eigenvalue weighted by Gasteiger charge is 2.33. The maximum absolute atomic E-state index is 13.2. The highest BCUT2D eigenvalue weighted by atomic mass is 32.2. The molecule has 1 aliphatic rings. The topological polar surface area (TPSA) is 68.5 Å². The zero-order chi connectivity index (χ0) is 19.3. The van der Waals surface area contributed by atoms with Crippen LogP contribution in [0.2, 0.25) is 0 Å². The molecule has 1 atom stereocenters. The van der Waals surface area contributed by atoms with Crippen molar-refractivity contribution in [2.24, 2.45) is 0 Å². The molecule has 0 spiro atoms. The molecular formula is C20H19N3O3S2. The second-order valence-corrected chi connectivity index (χ2v) is 7.94. The van der Waals surface area contributed by atoms with E-state index in [0.29, 0.717) is 29.2 Å². The summed E-state index contributed by atoms with van der Waals surface area (Å²) in [5.41, 5.74) is 1.82. The number of carbonyl (C=O) groups excluding carboxylic acids is 1. The second kappa shape index (κ2) is 8.70. The molecule has 1 aliphatic heterocycles. The Balaban J connectivity index is 1.56. The van der Waals surface area contributed by atoms with Gasteiger partial charge in [-0.3, -0.25) is 9.69 Å². The van der Waals surface area contributed by atoms with Gasteiger partial charge in [-0.05, 0) is 24.0 Å². The quantitative estimate of drug-likeness (QED) is 0.561. The van der Waals surface area contributed by atoms with Gasteiger partial charge in [0.1, 0.15) is 12.4 Å². The third-order valence-corrected chi connectivity index (χ3v) is 5.66. The number of anilines is 1. The van der Waals surface area contributed by atoms with E-state index in [4.69, 9.17) is 9.15 Å². The Kier molecular flexibility index (Phi) is 5.87. The van der Waals surface area contributed by atoms with E-state index in [0.717, 1.165) is 11.3 Å². The second-order valence-electron chi connectivity index (χ2n) is 6.15. The fourth-order valence-corrected chi connectivity index (χ4v) is 4.09. The average Bonchev–Trinajstić information content (AvgIpc) is 3.19. The molecule has 0 unspecified atom stereocenters. The number of fused-ring (bicyclic) bond motifs is 1. The SMILES string of the molecule is CSCc1nnc(SCC(=O)N2c3ccccc3OC[C@H]2c2ccccc2)o1. The van der Waals surface area contributed by atoms with Crippen LogP contribution in [0, 0.1) is 0 Å². The van der Waals surface area contributed by atoms with Crippen molar-refractivity contribution in [1.82, 2.24) is 10.2 Å². The van der Waals surface area contributed by atoms with Crippen LogP contribution in [-0.2, 0) is 10.5 Å². The Labute approximate surface area is 171 Å². The van der Waals surface area contributed by atoms with Crippen molar-refractivity contribution >= 4 is 35.1 Å². The van der Waals surface area contributed by atoms with Crippen LogP contribution in [0.15, 0.2) is 64.2 Å². The predicted octanol–water partition coefficient (Wildman–Crippen LogP) is 4.19. The van der Waals surface area contributed by atoms with Gasteiger partial charge in [0.05, 0.1) is 23.2 Å². The number of ether oxygens (including phenoxy) is 1. The maximum Gasteiger partial charge on any atom is 0.277 e. The standard InChI is InChI=1S/C20H19N3O3S2/c1-27-12-18-21-22-20(26-18)28-13-19(24)23-15-9-5-6-10-17(15)25-11-16(23)14-7-3-2-4-8-14/h2-10,16H,11-13H2,1H3/t16-/m0/s1. The van der Waals surface area contributed by atoms with E-state index < -0.39 is 0 Å². The van der Waals surface area contributed by atoms with Crippen LogP contribution >= 0.6 is 23.5 Å². The van der Waals surface area contributed by atoms with Crippen LogP contribution in [0.5, 0.6) is 5.75 Å². The van der Waals surface area contributed by atoms with Gasteiger partial charge >= 0.3 is 0 Å². The van der Waals surface area contributed by atoms with Crippen molar-refractivity contribution in [3.63, 3.8) is 0 Å². The molecule has 28 heavy (non-hydrogen) atoms. The van der Waals surface area contributed by atoms with E-state index in [2.05, 4.69) is 10.2 Å². The fraction of sp³-hybridized carbons (Fsp3) is 0.250. The molecule has 2 heterocycles. The average molecular weight is 414 g/mol. The Hall–Kier alpha value is -2.45. The molecule has 4 rings (SSSR count). The Morgan fingerprint density at radius 2 is 1.93 bits per heavy atom. The number of hydrogen-bond donors (Lipinski definition) is 0. The van der Waals surface area contributed by atoms with Crippen LogP contribution in [0.1, 0.15) is 17.5 Å². The van der Waals surface area contributed by atoms with E-state index in [-0.39, 0.29) is 17.7 Å². The third kappa shape index (κ3) is 4.02. The molecule has 2 aromatic carbocycles. The summed E-state index contributed by atoms with van der Waals surface area (Å²) < 4.78 is 11.5. The van der Waals surface area contributed by atoms with E-state index in [1.54, 1.807) is 11.8 Å². The number of amides is 1. The van der Waals surface area contributed by atoms with E-state index in [1.807, 2.05) is 65.8 Å². The summed E-state index contributed by atoms with van der Waals surface area (Å²) in [7, 11) is 0. The summed E-state index contributed by atoms with van der Waals surface area (Å²) in [5.74, 6) is 2.13. The summed E-state index contributed by atoms with van der Waals surface area (Å²) in [5, 5.41) is 8.41. The fourth-order valence-electron chi connectivity index (χ4n) is 3.09. The van der Waals surface area contributed by atoms with Crippen LogP contribution in [0.25, 0.3) is 0 Å². The van der Waals surface area contributed by atoms with Gasteiger partial charge in [0.25, 0.3) is 5.22 Å². The number of para-hydroxylation sites is 2. The molecule has 0 bridgehead atoms. The van der Waals surface area contributed by atoms with Crippen LogP contribution in [-0.4, -0.2) is 34.7 Å². The van der Waals surface area contributed by atoms with Crippen molar-refractivity contribution in [3.8, 4) is 5.75 Å². The lowest BCUT2D eigenvalue weighted by Gasteiger charge is -2.37. The van der Waals surface area contributed by atoms with Crippen LogP contribution in [0.4, 0.5) is 5.69 Å². The van der Waals surface area contributed by atoms with Gasteiger partial charge in [0, 0.05) is 0 Å². The summed E-state index contributed by atoms with van der Waals surface area (Å²) in [6.07, 6.45) is 1.97. The first-order valence-corrected chi connectivity index (χ1v) is 11.2. The molecule has 3 aromatic rings. The monoisotopic (exact) mass is 413 g/mol. The number of nitrogens with zero attached hydrogens (tertiary/aromatic N) is 3. The lowest BCUT2D eigenvalue weighted by atomic mass is 10.0. The third-order valence-electron chi connectivity index (χ3n) is 4.32. The molecule has 0 fully saturated rings. The number of carbonyl (C=O) groups is 1. The molecule has 0 N–H and O–H groups in total. The van der Waals surface area contributed by atoms with Crippen molar-refractivity contribution in [3.05, 3.63) is 66.1 Å². The van der Waals surface area contributed by atoms with E-state index in [9.17, 15) is 4.79 Å². The molecule has 0 saturated heterocycles. The first-order valence-electron chi connectivity index (χ1n) is 8.79. The molecule has 0 saturated carbocycles. The first kappa shape index (κ1) is 18.9. The molecule has 0 radical (unpaired) electrons. The normalized spacial score (nSPS) is 15.8. The highest BCUT2D eigenvalue weighted by molar-refractivity contribution is 7.99. The molecule has 8 heteroatoms. The molecule has 0 aliphatic carbocycles. The van der Waals surface area contributed by atoms with Crippen molar-refractivity contribution in [2.75, 3.05) is 23.5 Å². The summed E-state index contributed by atoms with van der Waals surface area (Å²) in [4.78, 5) is 15.0. The zero-order valence-electron chi connectivity index (χ0n) is 15.3. The zero-order valence-corrected chi connectivity index (χ0v) is 16.9. The molecule has 144 valence electrons. The van der Waals surface area contributed by atoms with Crippen LogP contribution < -0.4 is 9.64 Å². The maximum atomic E-state index is 13.2. The molecule has 6 nitrogen and oxygen atoms in total. The predicted molar refractivity (Wildman–Crippen MR) is 111 cm³/mol. The van der Waals surface area contributed by atoms with Crippen molar-refractivity contribution < 1.29 is 13.9 Å². The largest absolute Gasteiger partial charge is 0.489 e. The van der Waals surface area contributed by atoms with Gasteiger partial charge in [0.15, 0.2) is 0 Å². The van der Waals surface area contributed by atoms with Gasteiger partial charge in [-0.1, -0.05) is 54.2 Å². The van der Waals surface area contributed by atoms with Crippen molar-refractivity contribution in [1.29, 1.82) is 0 Å². The summed E-state index contributed by atoms with van der Waals surface area (Å²) in [6, 6.07) is 17.4. The minimum Gasteiger partial charge on any atom is -0.489 e. The van der Waals surface area contributed by atoms with E-state index in [1.165, 1.54) is 11.8 Å². The van der Waals surface area contributed by atoms with Gasteiger partial charge in [0.2, 0.25) is 11.8 Å². The van der Waals surface area contributed by atoms with Gasteiger partial charge in [-0.25, -0.2) is 0 Å². The Morgan fingerprint density at radius 1 is 1.14 bits per heavy atom. The number of aromatic nitrogens is 2. The number of benzene rings is 2. The van der Waals surface area contributed by atoms with Gasteiger partial charge in [-0.2, -0.15) is 11.8 Å². The minimum absolute atomic E-state index is 0.0285. The van der Waals surface area contributed by atoms with Gasteiger partial charge in [-0.15, -0.1) is 10.2 Å². The number of rotatable bonds is 6. The minimum atomic E-state index is -0.182. The van der Waals surface area contributed by atoms with Crippen molar-refractivity contribution in [2.45, 2.75) is 17.0 Å². The smallest absolute Gasteiger partial charge is 0.277 e. The van der Waals surface area contributed by atoms with E-state index >= 15 is 0 Å². The lowest BCUT2D eigenvalue weighted by molar-refractivity contribution is -0.117. The first-order chi connectivity index (χ1) is 13.8. The molecular weight excluding hydrogens is 394 g/mol. The summed E-state index contributed by atoms with van der Waals surface area (Å²) in [6.45, 7) is 0.413.